The van der Waals surface area contributed by atoms with Gasteiger partial charge in [-0.2, -0.15) is 0 Å². The van der Waals surface area contributed by atoms with E-state index in [-0.39, 0.29) is 11.4 Å². The fraction of sp³-hybridized carbons (Fsp3) is 0.438. The Morgan fingerprint density at radius 3 is 2.80 bits per heavy atom. The van der Waals surface area contributed by atoms with E-state index in [0.717, 1.165) is 42.2 Å². The maximum atomic E-state index is 12.4. The maximum Gasteiger partial charge on any atom is 0.287 e. The van der Waals surface area contributed by atoms with Crippen molar-refractivity contribution >= 4 is 16.9 Å². The van der Waals surface area contributed by atoms with Gasteiger partial charge in [-0.1, -0.05) is 24.5 Å². The molecule has 106 valence electrons. The minimum atomic E-state index is -0.244. The third kappa shape index (κ3) is 2.31. The summed E-state index contributed by atoms with van der Waals surface area (Å²) in [5.74, 6) is 0.205. The van der Waals surface area contributed by atoms with Gasteiger partial charge in [0, 0.05) is 11.9 Å². The number of hydrogen-bond acceptors (Lipinski definition) is 3. The zero-order chi connectivity index (χ0) is 14.2. The summed E-state index contributed by atoms with van der Waals surface area (Å²) in [7, 11) is 0. The van der Waals surface area contributed by atoms with Crippen LogP contribution in [0.25, 0.3) is 11.0 Å². The summed E-state index contributed by atoms with van der Waals surface area (Å²) in [5.41, 5.74) is 7.50. The highest BCUT2D eigenvalue weighted by atomic mass is 16.3. The molecule has 1 aromatic carbocycles. The summed E-state index contributed by atoms with van der Waals surface area (Å²) in [4.78, 5) is 12.4. The lowest BCUT2D eigenvalue weighted by atomic mass is 9.98. The van der Waals surface area contributed by atoms with Crippen LogP contribution in [0.4, 0.5) is 0 Å². The van der Waals surface area contributed by atoms with Gasteiger partial charge in [-0.05, 0) is 38.0 Å². The van der Waals surface area contributed by atoms with Crippen molar-refractivity contribution in [2.45, 2.75) is 38.1 Å². The van der Waals surface area contributed by atoms with Crippen LogP contribution in [0.15, 0.2) is 28.7 Å². The topological polar surface area (TPSA) is 68.3 Å². The van der Waals surface area contributed by atoms with Crippen molar-refractivity contribution in [1.29, 1.82) is 0 Å². The summed E-state index contributed by atoms with van der Waals surface area (Å²) in [5, 5.41) is 4.04. The number of carbonyl (C=O) groups excluding carboxylic acids is 1. The number of carbonyl (C=O) groups is 1. The van der Waals surface area contributed by atoms with Gasteiger partial charge in [0.15, 0.2) is 5.76 Å². The van der Waals surface area contributed by atoms with Gasteiger partial charge in [-0.3, -0.25) is 4.79 Å². The van der Waals surface area contributed by atoms with Crippen LogP contribution in [-0.2, 0) is 0 Å². The van der Waals surface area contributed by atoms with E-state index in [9.17, 15) is 4.79 Å². The predicted molar refractivity (Wildman–Crippen MR) is 78.7 cm³/mol. The Morgan fingerprint density at radius 1 is 1.35 bits per heavy atom. The third-order valence-corrected chi connectivity index (χ3v) is 4.23. The molecule has 4 heteroatoms. The largest absolute Gasteiger partial charge is 0.451 e. The van der Waals surface area contributed by atoms with Crippen molar-refractivity contribution in [2.24, 2.45) is 5.73 Å². The summed E-state index contributed by atoms with van der Waals surface area (Å²) in [6, 6.07) is 7.70. The normalized spacial score (nSPS) is 17.5. The van der Waals surface area contributed by atoms with Gasteiger partial charge < -0.3 is 15.5 Å². The fourth-order valence-corrected chi connectivity index (χ4v) is 3.01. The number of benzene rings is 1. The molecule has 1 heterocycles. The number of aryl methyl sites for hydroxylation is 1. The van der Waals surface area contributed by atoms with E-state index in [1.54, 1.807) is 6.07 Å². The molecule has 1 fully saturated rings. The Kier molecular flexibility index (Phi) is 3.26. The molecular formula is C16H20N2O2. The molecule has 2 aromatic rings. The van der Waals surface area contributed by atoms with Gasteiger partial charge in [-0.15, -0.1) is 0 Å². The molecule has 0 aliphatic heterocycles. The molecule has 1 aromatic heterocycles. The van der Waals surface area contributed by atoms with E-state index in [4.69, 9.17) is 10.2 Å². The standard InChI is InChI=1S/C16H20N2O2/c1-11-4-5-13-12(8-11)9-14(20-13)15(19)18-16(10-17)6-2-3-7-16/h4-5,8-9H,2-3,6-7,10,17H2,1H3,(H,18,19). The number of rotatable bonds is 3. The number of fused-ring (bicyclic) bond motifs is 1. The van der Waals surface area contributed by atoms with Gasteiger partial charge >= 0.3 is 0 Å². The van der Waals surface area contributed by atoms with Crippen molar-refractivity contribution in [2.75, 3.05) is 6.54 Å². The molecular weight excluding hydrogens is 252 g/mol. The molecule has 1 aliphatic carbocycles. The molecule has 0 spiro atoms. The Balaban J connectivity index is 1.85. The van der Waals surface area contributed by atoms with Gasteiger partial charge in [0.2, 0.25) is 0 Å². The molecule has 3 N–H and O–H groups in total. The van der Waals surface area contributed by atoms with Crippen LogP contribution in [0.1, 0.15) is 41.8 Å². The smallest absolute Gasteiger partial charge is 0.287 e. The summed E-state index contributed by atoms with van der Waals surface area (Å²) >= 11 is 0. The average Bonchev–Trinajstić information content (AvgIpc) is 3.05. The molecule has 1 saturated carbocycles. The lowest BCUT2D eigenvalue weighted by Gasteiger charge is -2.28. The second-order valence-corrected chi connectivity index (χ2v) is 5.80. The zero-order valence-electron chi connectivity index (χ0n) is 11.7. The second-order valence-electron chi connectivity index (χ2n) is 5.80. The number of nitrogens with one attached hydrogen (secondary N) is 1. The Bertz CT molecular complexity index is 639. The molecule has 0 saturated heterocycles. The molecule has 1 aliphatic rings. The van der Waals surface area contributed by atoms with Crippen LogP contribution >= 0.6 is 0 Å². The van der Waals surface area contributed by atoms with Crippen LogP contribution in [0.5, 0.6) is 0 Å². The quantitative estimate of drug-likeness (QED) is 0.902. The second kappa shape index (κ2) is 4.94. The van der Waals surface area contributed by atoms with Gasteiger partial charge in [-0.25, -0.2) is 0 Å². The zero-order valence-corrected chi connectivity index (χ0v) is 11.7. The molecule has 0 atom stereocenters. The average molecular weight is 272 g/mol. The number of furan rings is 1. The third-order valence-electron chi connectivity index (χ3n) is 4.23. The van der Waals surface area contributed by atoms with Crippen LogP contribution in [0.2, 0.25) is 0 Å². The van der Waals surface area contributed by atoms with E-state index < -0.39 is 0 Å². The van der Waals surface area contributed by atoms with E-state index in [0.29, 0.717) is 12.3 Å². The van der Waals surface area contributed by atoms with Crippen molar-refractivity contribution in [3.63, 3.8) is 0 Å². The first-order chi connectivity index (χ1) is 9.62. The first-order valence-electron chi connectivity index (χ1n) is 7.15. The maximum absolute atomic E-state index is 12.4. The van der Waals surface area contributed by atoms with E-state index in [1.807, 2.05) is 25.1 Å². The fourth-order valence-electron chi connectivity index (χ4n) is 3.01. The molecule has 20 heavy (non-hydrogen) atoms. The van der Waals surface area contributed by atoms with Crippen molar-refractivity contribution < 1.29 is 9.21 Å². The minimum Gasteiger partial charge on any atom is -0.451 e. The van der Waals surface area contributed by atoms with Crippen LogP contribution < -0.4 is 11.1 Å². The first kappa shape index (κ1) is 13.2. The first-order valence-corrected chi connectivity index (χ1v) is 7.15. The molecule has 0 bridgehead atoms. The lowest BCUT2D eigenvalue weighted by molar-refractivity contribution is 0.0876. The highest BCUT2D eigenvalue weighted by Crippen LogP contribution is 2.29. The molecule has 4 nitrogen and oxygen atoms in total. The number of hydrogen-bond donors (Lipinski definition) is 2. The lowest BCUT2D eigenvalue weighted by Crippen LogP contribution is -2.51. The van der Waals surface area contributed by atoms with Crippen molar-refractivity contribution in [3.8, 4) is 0 Å². The monoisotopic (exact) mass is 272 g/mol. The Labute approximate surface area is 118 Å². The summed E-state index contributed by atoms with van der Waals surface area (Å²) in [6.45, 7) is 2.51. The Hall–Kier alpha value is -1.81. The predicted octanol–water partition coefficient (Wildman–Crippen LogP) is 2.74. The summed E-state index contributed by atoms with van der Waals surface area (Å²) in [6.07, 6.45) is 4.15. The van der Waals surface area contributed by atoms with Crippen LogP contribution in [0.3, 0.4) is 0 Å². The highest BCUT2D eigenvalue weighted by molar-refractivity contribution is 5.96. The molecule has 0 unspecified atom stereocenters. The highest BCUT2D eigenvalue weighted by Gasteiger charge is 2.34. The minimum absolute atomic E-state index is 0.161. The van der Waals surface area contributed by atoms with Gasteiger partial charge in [0.1, 0.15) is 5.58 Å². The molecule has 1 amide bonds. The Morgan fingerprint density at radius 2 is 2.10 bits per heavy atom. The summed E-state index contributed by atoms with van der Waals surface area (Å²) < 4.78 is 5.63. The SMILES string of the molecule is Cc1ccc2oc(C(=O)NC3(CN)CCCC3)cc2c1. The van der Waals surface area contributed by atoms with Gasteiger partial charge in [0.05, 0.1) is 5.54 Å². The van der Waals surface area contributed by atoms with Gasteiger partial charge in [0.25, 0.3) is 5.91 Å². The number of amides is 1. The van der Waals surface area contributed by atoms with Crippen LogP contribution in [0, 0.1) is 6.92 Å². The van der Waals surface area contributed by atoms with E-state index >= 15 is 0 Å². The molecule has 3 rings (SSSR count). The van der Waals surface area contributed by atoms with Crippen molar-refractivity contribution in [1.82, 2.24) is 5.32 Å². The molecule has 0 radical (unpaired) electrons. The van der Waals surface area contributed by atoms with E-state index in [1.165, 1.54) is 0 Å². The van der Waals surface area contributed by atoms with Crippen molar-refractivity contribution in [3.05, 3.63) is 35.6 Å². The number of nitrogens with two attached hydrogens (primary N) is 1. The van der Waals surface area contributed by atoms with Crippen LogP contribution in [-0.4, -0.2) is 18.0 Å². The van der Waals surface area contributed by atoms with E-state index in [2.05, 4.69) is 5.32 Å².